The first-order chi connectivity index (χ1) is 11.7. The second-order valence-electron chi connectivity index (χ2n) is 5.86. The molecule has 3 rings (SSSR count). The Morgan fingerprint density at radius 3 is 2.79 bits per heavy atom. The third kappa shape index (κ3) is 4.01. The van der Waals surface area contributed by atoms with Gasteiger partial charge < -0.3 is 19.5 Å². The van der Waals surface area contributed by atoms with E-state index in [1.54, 1.807) is 19.2 Å². The van der Waals surface area contributed by atoms with E-state index in [9.17, 15) is 0 Å². The number of nitrogens with one attached hydrogen (secondary N) is 1. The summed E-state index contributed by atoms with van der Waals surface area (Å²) in [6.45, 7) is 4.35. The van der Waals surface area contributed by atoms with E-state index in [1.807, 2.05) is 12.1 Å². The molecule has 24 heavy (non-hydrogen) atoms. The summed E-state index contributed by atoms with van der Waals surface area (Å²) in [5.74, 6) is 1.27. The fraction of sp³-hybridized carbons (Fsp3) is 0.368. The summed E-state index contributed by atoms with van der Waals surface area (Å²) in [6, 6.07) is 13.7. The molecule has 2 aromatic rings. The Hall–Kier alpha value is -1.75. The Kier molecular flexibility index (Phi) is 5.61. The van der Waals surface area contributed by atoms with Crippen LogP contribution in [0.25, 0.3) is 0 Å². The van der Waals surface area contributed by atoms with Crippen LogP contribution in [0.3, 0.4) is 0 Å². The van der Waals surface area contributed by atoms with Crippen LogP contribution in [0.5, 0.6) is 11.5 Å². The van der Waals surface area contributed by atoms with Gasteiger partial charge in [0, 0.05) is 24.2 Å². The predicted molar refractivity (Wildman–Crippen MR) is 95.2 cm³/mol. The third-order valence-electron chi connectivity index (χ3n) is 4.04. The van der Waals surface area contributed by atoms with Crippen LogP contribution < -0.4 is 14.8 Å². The van der Waals surface area contributed by atoms with E-state index in [-0.39, 0.29) is 12.2 Å². The fourth-order valence-corrected chi connectivity index (χ4v) is 3.02. The Morgan fingerprint density at radius 2 is 2.08 bits per heavy atom. The normalized spacial score (nSPS) is 18.9. The molecule has 0 amide bonds. The van der Waals surface area contributed by atoms with Crippen molar-refractivity contribution < 1.29 is 14.2 Å². The monoisotopic (exact) mass is 347 g/mol. The zero-order valence-corrected chi connectivity index (χ0v) is 14.7. The molecule has 1 N–H and O–H groups in total. The molecule has 5 heteroatoms. The first-order valence-corrected chi connectivity index (χ1v) is 8.44. The van der Waals surface area contributed by atoms with Crippen molar-refractivity contribution >= 4 is 11.6 Å². The van der Waals surface area contributed by atoms with E-state index in [4.69, 9.17) is 25.8 Å². The maximum Gasteiger partial charge on any atom is 0.162 e. The molecule has 1 aliphatic rings. The third-order valence-corrected chi connectivity index (χ3v) is 4.28. The molecule has 0 saturated carbocycles. The molecule has 0 aromatic heterocycles. The number of morpholine rings is 1. The second kappa shape index (κ2) is 7.88. The average molecular weight is 348 g/mol. The van der Waals surface area contributed by atoms with E-state index in [2.05, 4.69) is 30.4 Å². The van der Waals surface area contributed by atoms with Crippen LogP contribution >= 0.6 is 11.6 Å². The quantitative estimate of drug-likeness (QED) is 0.893. The number of aryl methyl sites for hydroxylation is 1. The van der Waals surface area contributed by atoms with Gasteiger partial charge in [0.05, 0.1) is 13.7 Å². The van der Waals surface area contributed by atoms with Crippen LogP contribution in [0, 0.1) is 6.92 Å². The lowest BCUT2D eigenvalue weighted by Gasteiger charge is -2.32. The highest BCUT2D eigenvalue weighted by Crippen LogP contribution is 2.35. The molecule has 1 aliphatic heterocycles. The van der Waals surface area contributed by atoms with Gasteiger partial charge >= 0.3 is 0 Å². The Balaban J connectivity index is 1.92. The van der Waals surface area contributed by atoms with Crippen molar-refractivity contribution in [2.45, 2.75) is 19.1 Å². The van der Waals surface area contributed by atoms with Gasteiger partial charge in [-0.1, -0.05) is 41.4 Å². The zero-order chi connectivity index (χ0) is 16.9. The number of rotatable bonds is 5. The zero-order valence-electron chi connectivity index (χ0n) is 13.9. The molecule has 0 aliphatic carbocycles. The minimum atomic E-state index is -0.229. The van der Waals surface area contributed by atoms with Crippen molar-refractivity contribution in [3.63, 3.8) is 0 Å². The van der Waals surface area contributed by atoms with Crippen molar-refractivity contribution in [1.82, 2.24) is 5.32 Å². The van der Waals surface area contributed by atoms with Crippen LogP contribution in [0.1, 0.15) is 17.2 Å². The molecule has 0 radical (unpaired) electrons. The van der Waals surface area contributed by atoms with E-state index in [0.717, 1.165) is 18.7 Å². The fourth-order valence-electron chi connectivity index (χ4n) is 2.86. The first-order valence-electron chi connectivity index (χ1n) is 8.06. The van der Waals surface area contributed by atoms with Gasteiger partial charge in [-0.15, -0.1) is 0 Å². The number of ether oxygens (including phenoxy) is 3. The largest absolute Gasteiger partial charge is 0.493 e. The van der Waals surface area contributed by atoms with E-state index in [0.29, 0.717) is 23.1 Å². The van der Waals surface area contributed by atoms with Crippen LogP contribution in [0.2, 0.25) is 5.02 Å². The summed E-state index contributed by atoms with van der Waals surface area (Å²) in [5, 5.41) is 3.98. The Bertz CT molecular complexity index is 686. The summed E-state index contributed by atoms with van der Waals surface area (Å²) in [7, 11) is 1.61. The topological polar surface area (TPSA) is 39.7 Å². The maximum atomic E-state index is 6.32. The van der Waals surface area contributed by atoms with E-state index >= 15 is 0 Å². The summed E-state index contributed by atoms with van der Waals surface area (Å²) >= 11 is 6.05. The van der Waals surface area contributed by atoms with Crippen LogP contribution in [0.4, 0.5) is 0 Å². The molecular weight excluding hydrogens is 326 g/mol. The number of halogens is 1. The molecule has 1 fully saturated rings. The van der Waals surface area contributed by atoms with Crippen LogP contribution in [0.15, 0.2) is 42.5 Å². The minimum Gasteiger partial charge on any atom is -0.493 e. The van der Waals surface area contributed by atoms with Gasteiger partial charge in [-0.2, -0.15) is 0 Å². The SMILES string of the molecule is COc1cc(Cl)ccc1OC(c1cccc(C)c1)[C@@H]1CNCCO1. The molecule has 1 unspecified atom stereocenters. The summed E-state index contributed by atoms with van der Waals surface area (Å²) in [6.07, 6.45) is -0.297. The highest BCUT2D eigenvalue weighted by molar-refractivity contribution is 6.30. The molecule has 4 nitrogen and oxygen atoms in total. The highest BCUT2D eigenvalue weighted by Gasteiger charge is 2.29. The lowest BCUT2D eigenvalue weighted by atomic mass is 10.0. The van der Waals surface area contributed by atoms with Gasteiger partial charge in [0.25, 0.3) is 0 Å². The van der Waals surface area contributed by atoms with Crippen LogP contribution in [-0.2, 0) is 4.74 Å². The summed E-state index contributed by atoms with van der Waals surface area (Å²) in [4.78, 5) is 0. The lowest BCUT2D eigenvalue weighted by molar-refractivity contribution is -0.0438. The standard InChI is InChI=1S/C19H22ClNO3/c1-13-4-3-5-14(10-13)19(18-12-21-8-9-23-18)24-16-7-6-15(20)11-17(16)22-2/h3-7,10-11,18-19,21H,8-9,12H2,1-2H3/t18-,19?/m0/s1. The molecule has 0 bridgehead atoms. The van der Waals surface area contributed by atoms with Gasteiger partial charge in [0.1, 0.15) is 6.10 Å². The lowest BCUT2D eigenvalue weighted by Crippen LogP contribution is -2.43. The van der Waals surface area contributed by atoms with Gasteiger partial charge in [-0.3, -0.25) is 0 Å². The molecule has 128 valence electrons. The number of hydrogen-bond acceptors (Lipinski definition) is 4. The van der Waals surface area contributed by atoms with Crippen molar-refractivity contribution in [1.29, 1.82) is 0 Å². The van der Waals surface area contributed by atoms with Crippen molar-refractivity contribution in [2.75, 3.05) is 26.8 Å². The minimum absolute atomic E-state index is 0.0686. The van der Waals surface area contributed by atoms with Gasteiger partial charge in [-0.25, -0.2) is 0 Å². The summed E-state index contributed by atoms with van der Waals surface area (Å²) < 4.78 is 17.7. The van der Waals surface area contributed by atoms with Crippen molar-refractivity contribution in [3.8, 4) is 11.5 Å². The van der Waals surface area contributed by atoms with Crippen LogP contribution in [-0.4, -0.2) is 32.9 Å². The second-order valence-corrected chi connectivity index (χ2v) is 6.30. The number of benzene rings is 2. The Morgan fingerprint density at radius 1 is 1.21 bits per heavy atom. The molecule has 1 saturated heterocycles. The highest BCUT2D eigenvalue weighted by atomic mass is 35.5. The molecule has 2 atom stereocenters. The van der Waals surface area contributed by atoms with Crippen molar-refractivity contribution in [2.24, 2.45) is 0 Å². The maximum absolute atomic E-state index is 6.32. The Labute approximate surface area is 147 Å². The van der Waals surface area contributed by atoms with Crippen molar-refractivity contribution in [3.05, 3.63) is 58.6 Å². The smallest absolute Gasteiger partial charge is 0.162 e. The number of hydrogen-bond donors (Lipinski definition) is 1. The van der Waals surface area contributed by atoms with Gasteiger partial charge in [0.15, 0.2) is 17.6 Å². The predicted octanol–water partition coefficient (Wildman–Crippen LogP) is 3.77. The van der Waals surface area contributed by atoms with E-state index < -0.39 is 0 Å². The molecular formula is C19H22ClNO3. The van der Waals surface area contributed by atoms with Gasteiger partial charge in [-0.05, 0) is 24.6 Å². The first kappa shape index (κ1) is 17.1. The summed E-state index contributed by atoms with van der Waals surface area (Å²) in [5.41, 5.74) is 2.27. The molecule has 0 spiro atoms. The molecule has 1 heterocycles. The number of methoxy groups -OCH3 is 1. The van der Waals surface area contributed by atoms with Gasteiger partial charge in [0.2, 0.25) is 0 Å². The molecule has 2 aromatic carbocycles. The average Bonchev–Trinajstić information content (AvgIpc) is 2.61. The van der Waals surface area contributed by atoms with E-state index in [1.165, 1.54) is 5.56 Å².